The number of nitrogens with zero attached hydrogens (tertiary/aromatic N) is 1. The molecule has 34 heavy (non-hydrogen) atoms. The molecule has 3 aromatic carbocycles. The second kappa shape index (κ2) is 8.76. The Kier molecular flexibility index (Phi) is 5.78. The van der Waals surface area contributed by atoms with E-state index in [0.29, 0.717) is 11.7 Å². The Balaban J connectivity index is 1.51. The van der Waals surface area contributed by atoms with Crippen LogP contribution in [0.25, 0.3) is 0 Å². The number of fused-ring (bicyclic) bond motifs is 4. The number of aryl methyl sites for hydroxylation is 2. The molecule has 3 aromatic rings. The molecule has 2 aliphatic heterocycles. The molecule has 174 valence electrons. The minimum Gasteiger partial charge on any atom is -0.467 e. The molecule has 0 radical (unpaired) electrons. The van der Waals surface area contributed by atoms with Crippen LogP contribution in [0.1, 0.15) is 35.2 Å². The van der Waals surface area contributed by atoms with Crippen molar-refractivity contribution >= 4 is 28.9 Å². The van der Waals surface area contributed by atoms with Gasteiger partial charge in [0.2, 0.25) is 5.91 Å². The van der Waals surface area contributed by atoms with E-state index in [2.05, 4.69) is 28.8 Å². The summed E-state index contributed by atoms with van der Waals surface area (Å²) in [6.07, 6.45) is 0.791. The molecule has 1 amide bonds. The quantitative estimate of drug-likeness (QED) is 0.505. The Labute approximate surface area is 206 Å². The topological polar surface area (TPSA) is 53.6 Å². The molecule has 2 heterocycles. The lowest BCUT2D eigenvalue weighted by molar-refractivity contribution is -0.149. The fourth-order valence-electron chi connectivity index (χ4n) is 5.17. The van der Waals surface area contributed by atoms with E-state index in [1.807, 2.05) is 80.3 Å². The first kappa shape index (κ1) is 22.4. The lowest BCUT2D eigenvalue weighted by atomic mass is 9.78. The van der Waals surface area contributed by atoms with Crippen LogP contribution < -0.4 is 15.4 Å². The van der Waals surface area contributed by atoms with E-state index in [1.165, 1.54) is 5.56 Å². The summed E-state index contributed by atoms with van der Waals surface area (Å²) in [6.45, 7) is 6.68. The van der Waals surface area contributed by atoms with Crippen molar-refractivity contribution < 1.29 is 9.53 Å². The first-order valence-corrected chi connectivity index (χ1v) is 12.1. The SMILES string of the molecule is Cc1ccc(NC(=O)C2C3NC(=S)N(CCc4ccccc4)C2(C)Oc2ccccc23)c(C)c1. The number of para-hydroxylation sites is 1. The van der Waals surface area contributed by atoms with Crippen LogP contribution in [0.2, 0.25) is 0 Å². The summed E-state index contributed by atoms with van der Waals surface area (Å²) in [4.78, 5) is 15.9. The highest BCUT2D eigenvalue weighted by molar-refractivity contribution is 7.80. The molecule has 5 nitrogen and oxygen atoms in total. The van der Waals surface area contributed by atoms with Crippen LogP contribution in [0.3, 0.4) is 0 Å². The summed E-state index contributed by atoms with van der Waals surface area (Å²) in [5, 5.41) is 7.25. The Morgan fingerprint density at radius 3 is 2.59 bits per heavy atom. The van der Waals surface area contributed by atoms with Gasteiger partial charge in [0.25, 0.3) is 0 Å². The number of thiocarbonyl (C=S) groups is 1. The molecule has 2 bridgehead atoms. The van der Waals surface area contributed by atoms with Crippen LogP contribution in [0, 0.1) is 19.8 Å². The minimum absolute atomic E-state index is 0.0892. The summed E-state index contributed by atoms with van der Waals surface area (Å²) >= 11 is 5.81. The molecule has 0 aliphatic carbocycles. The third-order valence-electron chi connectivity index (χ3n) is 6.93. The highest BCUT2D eigenvalue weighted by atomic mass is 32.1. The fourth-order valence-corrected chi connectivity index (χ4v) is 5.57. The van der Waals surface area contributed by atoms with Crippen molar-refractivity contribution in [2.45, 2.75) is 39.0 Å². The lowest BCUT2D eigenvalue weighted by Crippen LogP contribution is -2.71. The second-order valence-electron chi connectivity index (χ2n) is 9.29. The monoisotopic (exact) mass is 471 g/mol. The van der Waals surface area contributed by atoms with Crippen LogP contribution in [0.5, 0.6) is 5.75 Å². The average Bonchev–Trinajstić information content (AvgIpc) is 2.81. The van der Waals surface area contributed by atoms with Crippen molar-refractivity contribution in [1.29, 1.82) is 0 Å². The predicted octanol–water partition coefficient (Wildman–Crippen LogP) is 5.14. The summed E-state index contributed by atoms with van der Waals surface area (Å²) < 4.78 is 6.62. The number of carbonyl (C=O) groups excluding carboxylic acids is 1. The summed E-state index contributed by atoms with van der Waals surface area (Å²) in [5.74, 6) is 0.185. The highest BCUT2D eigenvalue weighted by Gasteiger charge is 2.58. The van der Waals surface area contributed by atoms with E-state index in [4.69, 9.17) is 17.0 Å². The second-order valence-corrected chi connectivity index (χ2v) is 9.68. The summed E-state index contributed by atoms with van der Waals surface area (Å²) in [6, 6.07) is 24.0. The Bertz CT molecular complexity index is 1250. The molecule has 0 aromatic heterocycles. The molecule has 3 atom stereocenters. The zero-order valence-corrected chi connectivity index (χ0v) is 20.5. The maximum Gasteiger partial charge on any atom is 0.236 e. The molecule has 0 saturated carbocycles. The van der Waals surface area contributed by atoms with Crippen LogP contribution >= 0.6 is 12.2 Å². The van der Waals surface area contributed by atoms with Crippen LogP contribution in [-0.2, 0) is 11.2 Å². The number of ether oxygens (including phenoxy) is 1. The van der Waals surface area contributed by atoms with Crippen molar-refractivity contribution in [2.24, 2.45) is 5.92 Å². The van der Waals surface area contributed by atoms with Crippen molar-refractivity contribution in [3.8, 4) is 5.75 Å². The number of benzene rings is 3. The van der Waals surface area contributed by atoms with Gasteiger partial charge in [-0.2, -0.15) is 0 Å². The average molecular weight is 472 g/mol. The van der Waals surface area contributed by atoms with Crippen molar-refractivity contribution in [1.82, 2.24) is 10.2 Å². The molecular weight excluding hydrogens is 442 g/mol. The number of amides is 1. The van der Waals surface area contributed by atoms with Gasteiger partial charge in [-0.1, -0.05) is 66.2 Å². The molecule has 0 spiro atoms. The number of nitrogens with one attached hydrogen (secondary N) is 2. The zero-order valence-electron chi connectivity index (χ0n) is 19.7. The van der Waals surface area contributed by atoms with Gasteiger partial charge in [-0.05, 0) is 62.7 Å². The molecule has 3 unspecified atom stereocenters. The summed E-state index contributed by atoms with van der Waals surface area (Å²) in [7, 11) is 0. The largest absolute Gasteiger partial charge is 0.467 e. The van der Waals surface area contributed by atoms with Crippen molar-refractivity contribution in [3.63, 3.8) is 0 Å². The first-order valence-electron chi connectivity index (χ1n) is 11.6. The van der Waals surface area contributed by atoms with Gasteiger partial charge in [-0.15, -0.1) is 0 Å². The van der Waals surface area contributed by atoms with E-state index in [-0.39, 0.29) is 11.9 Å². The number of anilines is 1. The fraction of sp³-hybridized carbons (Fsp3) is 0.286. The maximum absolute atomic E-state index is 13.9. The maximum atomic E-state index is 13.9. The molecule has 1 saturated heterocycles. The zero-order chi connectivity index (χ0) is 23.9. The number of hydrogen-bond donors (Lipinski definition) is 2. The van der Waals surface area contributed by atoms with Gasteiger partial charge in [0.15, 0.2) is 10.8 Å². The first-order chi connectivity index (χ1) is 16.4. The van der Waals surface area contributed by atoms with Gasteiger partial charge in [0.05, 0.1) is 6.04 Å². The molecule has 2 N–H and O–H groups in total. The number of hydrogen-bond acceptors (Lipinski definition) is 3. The van der Waals surface area contributed by atoms with Gasteiger partial charge in [0, 0.05) is 17.8 Å². The highest BCUT2D eigenvalue weighted by Crippen LogP contribution is 2.48. The van der Waals surface area contributed by atoms with Crippen LogP contribution in [0.15, 0.2) is 72.8 Å². The number of carbonyl (C=O) groups is 1. The third-order valence-corrected chi connectivity index (χ3v) is 7.27. The van der Waals surface area contributed by atoms with E-state index in [9.17, 15) is 4.79 Å². The lowest BCUT2D eigenvalue weighted by Gasteiger charge is -2.56. The Hall–Kier alpha value is -3.38. The van der Waals surface area contributed by atoms with Gasteiger partial charge < -0.3 is 20.3 Å². The van der Waals surface area contributed by atoms with Crippen LogP contribution in [0.4, 0.5) is 5.69 Å². The van der Waals surface area contributed by atoms with E-state index in [1.54, 1.807) is 0 Å². The minimum atomic E-state index is -0.932. The van der Waals surface area contributed by atoms with Crippen LogP contribution in [-0.4, -0.2) is 28.2 Å². The summed E-state index contributed by atoms with van der Waals surface area (Å²) in [5.41, 5.74) is 4.24. The van der Waals surface area contributed by atoms with Gasteiger partial charge in [0.1, 0.15) is 11.7 Å². The molecular formula is C28H29N3O2S. The molecule has 2 aliphatic rings. The Morgan fingerprint density at radius 2 is 1.82 bits per heavy atom. The standard InChI is InChI=1S/C28H29N3O2S/c1-18-13-14-22(19(2)17-18)29-26(32)24-25-21-11-7-8-12-23(21)33-28(24,3)31(27(34)30-25)16-15-20-9-5-4-6-10-20/h4-14,17,24-25H,15-16H2,1-3H3,(H,29,32)(H,30,34). The molecule has 6 heteroatoms. The van der Waals surface area contributed by atoms with E-state index in [0.717, 1.165) is 34.5 Å². The molecule has 1 fully saturated rings. The predicted molar refractivity (Wildman–Crippen MR) is 139 cm³/mol. The van der Waals surface area contributed by atoms with Crippen molar-refractivity contribution in [2.75, 3.05) is 11.9 Å². The van der Waals surface area contributed by atoms with Gasteiger partial charge in [-0.25, -0.2) is 0 Å². The molecule has 5 rings (SSSR count). The van der Waals surface area contributed by atoms with Crippen molar-refractivity contribution in [3.05, 3.63) is 95.1 Å². The van der Waals surface area contributed by atoms with Gasteiger partial charge >= 0.3 is 0 Å². The van der Waals surface area contributed by atoms with E-state index < -0.39 is 11.6 Å². The normalized spacial score (nSPS) is 22.9. The smallest absolute Gasteiger partial charge is 0.236 e. The van der Waals surface area contributed by atoms with Gasteiger partial charge in [-0.3, -0.25) is 4.79 Å². The third kappa shape index (κ3) is 3.92. The number of rotatable bonds is 5. The Morgan fingerprint density at radius 1 is 1.09 bits per heavy atom. The van der Waals surface area contributed by atoms with E-state index >= 15 is 0 Å².